The van der Waals surface area contributed by atoms with Gasteiger partial charge in [0.15, 0.2) is 0 Å². The first-order chi connectivity index (χ1) is 7.74. The van der Waals surface area contributed by atoms with Crippen molar-refractivity contribution in [3.05, 3.63) is 69.7 Å². The lowest BCUT2D eigenvalue weighted by Crippen LogP contribution is -1.76. The molecule has 0 amide bonds. The van der Waals surface area contributed by atoms with Crippen LogP contribution in [0, 0.1) is 18.8 Å². The van der Waals surface area contributed by atoms with Gasteiger partial charge in [0.2, 0.25) is 0 Å². The normalized spacial score (nSPS) is 9.38. The Labute approximate surface area is 104 Å². The van der Waals surface area contributed by atoms with Crippen molar-refractivity contribution in [2.45, 2.75) is 6.92 Å². The van der Waals surface area contributed by atoms with Gasteiger partial charge in [0.25, 0.3) is 0 Å². The summed E-state index contributed by atoms with van der Waals surface area (Å²) in [7, 11) is 0. The summed E-state index contributed by atoms with van der Waals surface area (Å²) < 4.78 is 1.08. The van der Waals surface area contributed by atoms with Crippen LogP contribution in [-0.4, -0.2) is 0 Å². The molecule has 0 aromatic heterocycles. The Kier molecular flexibility index (Phi) is 3.44. The molecule has 0 saturated heterocycles. The molecule has 16 heavy (non-hydrogen) atoms. The molecule has 2 rings (SSSR count). The quantitative estimate of drug-likeness (QED) is 0.631. The molecule has 0 aliphatic heterocycles. The lowest BCUT2D eigenvalue weighted by atomic mass is 10.1. The van der Waals surface area contributed by atoms with Crippen LogP contribution in [0.15, 0.2) is 53.0 Å². The fourth-order valence-electron chi connectivity index (χ4n) is 1.31. The molecule has 0 heterocycles. The van der Waals surface area contributed by atoms with Gasteiger partial charge in [0.05, 0.1) is 0 Å². The lowest BCUT2D eigenvalue weighted by molar-refractivity contribution is 1.46. The maximum absolute atomic E-state index is 3.40. The highest BCUT2D eigenvalue weighted by molar-refractivity contribution is 9.10. The van der Waals surface area contributed by atoms with Crippen LogP contribution in [-0.2, 0) is 0 Å². The Hall–Kier alpha value is -1.52. The van der Waals surface area contributed by atoms with Crippen LogP contribution in [0.25, 0.3) is 0 Å². The average molecular weight is 271 g/mol. The van der Waals surface area contributed by atoms with E-state index in [1.165, 1.54) is 5.56 Å². The second kappa shape index (κ2) is 5.01. The summed E-state index contributed by atoms with van der Waals surface area (Å²) in [5.74, 6) is 6.28. The van der Waals surface area contributed by atoms with Crippen molar-refractivity contribution in [1.29, 1.82) is 0 Å². The predicted octanol–water partition coefficient (Wildman–Crippen LogP) is 4.16. The largest absolute Gasteiger partial charge is 0.0617 e. The van der Waals surface area contributed by atoms with Crippen molar-refractivity contribution in [2.75, 3.05) is 0 Å². The van der Waals surface area contributed by atoms with Crippen LogP contribution in [0.1, 0.15) is 16.7 Å². The van der Waals surface area contributed by atoms with Crippen molar-refractivity contribution < 1.29 is 0 Å². The van der Waals surface area contributed by atoms with Gasteiger partial charge in [-0.25, -0.2) is 0 Å². The monoisotopic (exact) mass is 270 g/mol. The standard InChI is InChI=1S/C15H11Br/c1-12-2-4-13(5-3-12)6-7-14-8-10-15(16)11-9-14/h2-5,8-11H,1H3. The van der Waals surface area contributed by atoms with E-state index in [0.717, 1.165) is 15.6 Å². The van der Waals surface area contributed by atoms with Crippen LogP contribution < -0.4 is 0 Å². The molecule has 2 aromatic rings. The highest BCUT2D eigenvalue weighted by atomic mass is 79.9. The minimum Gasteiger partial charge on any atom is -0.0617 e. The fourth-order valence-corrected chi connectivity index (χ4v) is 1.58. The zero-order valence-electron chi connectivity index (χ0n) is 9.00. The van der Waals surface area contributed by atoms with Gasteiger partial charge in [-0.05, 0) is 43.3 Å². The number of halogens is 1. The summed E-state index contributed by atoms with van der Waals surface area (Å²) in [6, 6.07) is 16.2. The molecule has 0 aliphatic rings. The predicted molar refractivity (Wildman–Crippen MR) is 71.3 cm³/mol. The van der Waals surface area contributed by atoms with E-state index in [4.69, 9.17) is 0 Å². The molecule has 0 aliphatic carbocycles. The van der Waals surface area contributed by atoms with E-state index in [2.05, 4.69) is 46.8 Å². The third kappa shape index (κ3) is 2.98. The summed E-state index contributed by atoms with van der Waals surface area (Å²) in [4.78, 5) is 0. The van der Waals surface area contributed by atoms with Crippen LogP contribution >= 0.6 is 15.9 Å². The summed E-state index contributed by atoms with van der Waals surface area (Å²) in [5, 5.41) is 0. The number of aryl methyl sites for hydroxylation is 1. The molecular formula is C15H11Br. The molecular weight excluding hydrogens is 260 g/mol. The molecule has 2 aromatic carbocycles. The molecule has 0 fully saturated rings. The topological polar surface area (TPSA) is 0 Å². The van der Waals surface area contributed by atoms with Gasteiger partial charge in [0, 0.05) is 15.6 Å². The molecule has 1 heteroatoms. The van der Waals surface area contributed by atoms with Gasteiger partial charge in [-0.3, -0.25) is 0 Å². The molecule has 0 N–H and O–H groups in total. The second-order valence-electron chi connectivity index (χ2n) is 3.62. The minimum absolute atomic E-state index is 1.03. The van der Waals surface area contributed by atoms with Gasteiger partial charge in [-0.2, -0.15) is 0 Å². The van der Waals surface area contributed by atoms with Crippen molar-refractivity contribution in [3.8, 4) is 11.8 Å². The van der Waals surface area contributed by atoms with E-state index in [9.17, 15) is 0 Å². The van der Waals surface area contributed by atoms with Crippen LogP contribution in [0.4, 0.5) is 0 Å². The first kappa shape index (κ1) is 11.0. The van der Waals surface area contributed by atoms with Crippen molar-refractivity contribution >= 4 is 15.9 Å². The SMILES string of the molecule is Cc1ccc(C#Cc2ccc(Br)cc2)cc1. The van der Waals surface area contributed by atoms with E-state index >= 15 is 0 Å². The van der Waals surface area contributed by atoms with Gasteiger partial charge in [-0.1, -0.05) is 45.5 Å². The first-order valence-electron chi connectivity index (χ1n) is 5.08. The van der Waals surface area contributed by atoms with Gasteiger partial charge < -0.3 is 0 Å². The fraction of sp³-hybridized carbons (Fsp3) is 0.0667. The Morgan fingerprint density at radius 2 is 1.19 bits per heavy atom. The molecule has 0 atom stereocenters. The third-order valence-corrected chi connectivity index (χ3v) is 2.78. The molecule has 0 saturated carbocycles. The van der Waals surface area contributed by atoms with E-state index < -0.39 is 0 Å². The van der Waals surface area contributed by atoms with E-state index in [-0.39, 0.29) is 0 Å². The van der Waals surface area contributed by atoms with E-state index in [0.29, 0.717) is 0 Å². The number of rotatable bonds is 0. The molecule has 0 nitrogen and oxygen atoms in total. The minimum atomic E-state index is 1.03. The Morgan fingerprint density at radius 1 is 0.750 bits per heavy atom. The van der Waals surface area contributed by atoms with Crippen molar-refractivity contribution in [3.63, 3.8) is 0 Å². The van der Waals surface area contributed by atoms with Crippen molar-refractivity contribution in [1.82, 2.24) is 0 Å². The van der Waals surface area contributed by atoms with Gasteiger partial charge in [-0.15, -0.1) is 0 Å². The highest BCUT2D eigenvalue weighted by Gasteiger charge is 1.88. The van der Waals surface area contributed by atoms with E-state index in [1.54, 1.807) is 0 Å². The number of benzene rings is 2. The second-order valence-corrected chi connectivity index (χ2v) is 4.54. The van der Waals surface area contributed by atoms with Crippen molar-refractivity contribution in [2.24, 2.45) is 0 Å². The summed E-state index contributed by atoms with van der Waals surface area (Å²) >= 11 is 3.40. The van der Waals surface area contributed by atoms with Crippen LogP contribution in [0.5, 0.6) is 0 Å². The number of hydrogen-bond acceptors (Lipinski definition) is 0. The average Bonchev–Trinajstić information content (AvgIpc) is 2.30. The van der Waals surface area contributed by atoms with Crippen LogP contribution in [0.3, 0.4) is 0 Å². The summed E-state index contributed by atoms with van der Waals surface area (Å²) in [5.41, 5.74) is 3.34. The molecule has 78 valence electrons. The van der Waals surface area contributed by atoms with Gasteiger partial charge >= 0.3 is 0 Å². The summed E-state index contributed by atoms with van der Waals surface area (Å²) in [6.45, 7) is 2.08. The zero-order valence-corrected chi connectivity index (χ0v) is 10.6. The maximum Gasteiger partial charge on any atom is 0.0249 e. The summed E-state index contributed by atoms with van der Waals surface area (Å²) in [6.07, 6.45) is 0. The molecule has 0 spiro atoms. The first-order valence-corrected chi connectivity index (χ1v) is 5.87. The number of hydrogen-bond donors (Lipinski definition) is 0. The Bertz CT molecular complexity index is 475. The highest BCUT2D eigenvalue weighted by Crippen LogP contribution is 2.09. The maximum atomic E-state index is 3.40. The van der Waals surface area contributed by atoms with Crippen LogP contribution in [0.2, 0.25) is 0 Å². The van der Waals surface area contributed by atoms with Gasteiger partial charge in [0.1, 0.15) is 0 Å². The third-order valence-electron chi connectivity index (χ3n) is 2.25. The zero-order chi connectivity index (χ0) is 11.4. The Balaban J connectivity index is 2.21. The molecule has 0 radical (unpaired) electrons. The lowest BCUT2D eigenvalue weighted by Gasteiger charge is -1.92. The molecule has 0 bridgehead atoms. The van der Waals surface area contributed by atoms with E-state index in [1.807, 2.05) is 36.4 Å². The Morgan fingerprint density at radius 3 is 1.69 bits per heavy atom. The smallest absolute Gasteiger partial charge is 0.0249 e. The molecule has 0 unspecified atom stereocenters.